The van der Waals surface area contributed by atoms with E-state index >= 15 is 0 Å². The molecule has 0 aromatic heterocycles. The number of carbonyl (C=O) groups is 1. The molecular weight excluding hydrogens is 280 g/mol. The molecule has 5 heteroatoms. The number of carbonyl (C=O) groups excluding carboxylic acids is 1. The van der Waals surface area contributed by atoms with Crippen molar-refractivity contribution in [1.82, 2.24) is 9.80 Å². The molecular formula is C17H30N2O3. The molecule has 0 aromatic carbocycles. The van der Waals surface area contributed by atoms with Crippen LogP contribution in [0, 0.1) is 11.8 Å². The number of ether oxygens (including phenoxy) is 1. The van der Waals surface area contributed by atoms with Gasteiger partial charge < -0.3 is 14.7 Å². The number of hydrogen-bond acceptors (Lipinski definition) is 5. The lowest BCUT2D eigenvalue weighted by Crippen LogP contribution is -2.68. The van der Waals surface area contributed by atoms with Gasteiger partial charge in [0.15, 0.2) is 5.78 Å². The molecule has 1 unspecified atom stereocenters. The van der Waals surface area contributed by atoms with Crippen LogP contribution in [0.2, 0.25) is 0 Å². The van der Waals surface area contributed by atoms with Gasteiger partial charge >= 0.3 is 0 Å². The van der Waals surface area contributed by atoms with Gasteiger partial charge in [-0.25, -0.2) is 0 Å². The van der Waals surface area contributed by atoms with Crippen molar-refractivity contribution in [2.75, 3.05) is 53.0 Å². The standard InChI is InChI=1S/C10H17NO3.C7H13N/c1-14-7-10(6-12)9(13)8-2-4-11(10)5-3-8;1-4-8-5-2-7(1)3-6-8/h8,12H,2-7H2,1H3;7H,1-6H2. The van der Waals surface area contributed by atoms with Gasteiger partial charge in [0.25, 0.3) is 0 Å². The average Bonchev–Trinajstić information content (AvgIpc) is 2.61. The molecule has 0 spiro atoms. The highest BCUT2D eigenvalue weighted by Crippen LogP contribution is 2.36. The molecule has 0 radical (unpaired) electrons. The lowest BCUT2D eigenvalue weighted by atomic mass is 9.74. The smallest absolute Gasteiger partial charge is 0.160 e. The first kappa shape index (κ1) is 16.4. The van der Waals surface area contributed by atoms with Crippen LogP contribution in [0.25, 0.3) is 0 Å². The Morgan fingerprint density at radius 3 is 2.00 bits per heavy atom. The van der Waals surface area contributed by atoms with Gasteiger partial charge in [0.05, 0.1) is 13.2 Å². The highest BCUT2D eigenvalue weighted by molar-refractivity contribution is 5.92. The Morgan fingerprint density at radius 2 is 1.68 bits per heavy atom. The van der Waals surface area contributed by atoms with E-state index < -0.39 is 5.54 Å². The number of methoxy groups -OCH3 is 1. The zero-order chi connectivity index (χ0) is 15.6. The average molecular weight is 310 g/mol. The summed E-state index contributed by atoms with van der Waals surface area (Å²) in [5.41, 5.74) is -0.726. The summed E-state index contributed by atoms with van der Waals surface area (Å²) >= 11 is 0. The van der Waals surface area contributed by atoms with E-state index in [2.05, 4.69) is 9.80 Å². The number of Topliss-reactive ketones (excluding diaryl/α,β-unsaturated/α-hetero) is 1. The second kappa shape index (κ2) is 6.95. The monoisotopic (exact) mass is 310 g/mol. The molecule has 22 heavy (non-hydrogen) atoms. The van der Waals surface area contributed by atoms with Crippen LogP contribution in [0.1, 0.15) is 32.1 Å². The van der Waals surface area contributed by atoms with Crippen molar-refractivity contribution < 1.29 is 14.6 Å². The predicted octanol–water partition coefficient (Wildman–Crippen LogP) is 0.761. The summed E-state index contributed by atoms with van der Waals surface area (Å²) < 4.78 is 5.08. The fourth-order valence-corrected chi connectivity index (χ4v) is 4.59. The van der Waals surface area contributed by atoms with Gasteiger partial charge in [0, 0.05) is 13.0 Å². The van der Waals surface area contributed by atoms with E-state index in [0.717, 1.165) is 31.8 Å². The number of ketones is 1. The lowest BCUT2D eigenvalue weighted by molar-refractivity contribution is -0.158. The summed E-state index contributed by atoms with van der Waals surface area (Å²) in [6.45, 7) is 6.22. The van der Waals surface area contributed by atoms with Gasteiger partial charge in [0.1, 0.15) is 5.54 Å². The highest BCUT2D eigenvalue weighted by atomic mass is 16.5. The lowest BCUT2D eigenvalue weighted by Gasteiger charge is -2.51. The Balaban J connectivity index is 0.000000151. The normalized spacial score (nSPS) is 42.9. The van der Waals surface area contributed by atoms with Crippen LogP contribution in [0.4, 0.5) is 0 Å². The van der Waals surface area contributed by atoms with E-state index in [1.165, 1.54) is 38.9 Å². The first-order valence-corrected chi connectivity index (χ1v) is 8.81. The summed E-state index contributed by atoms with van der Waals surface area (Å²) in [5, 5.41) is 9.42. The van der Waals surface area contributed by atoms with Gasteiger partial charge in [-0.3, -0.25) is 9.69 Å². The van der Waals surface area contributed by atoms with Crippen LogP contribution < -0.4 is 0 Å². The van der Waals surface area contributed by atoms with Crippen molar-refractivity contribution in [3.8, 4) is 0 Å². The molecule has 5 nitrogen and oxygen atoms in total. The van der Waals surface area contributed by atoms with E-state index in [-0.39, 0.29) is 18.3 Å². The molecule has 6 rings (SSSR count). The van der Waals surface area contributed by atoms with Crippen LogP contribution in [-0.4, -0.2) is 79.3 Å². The van der Waals surface area contributed by atoms with Gasteiger partial charge in [-0.15, -0.1) is 0 Å². The summed E-state index contributed by atoms with van der Waals surface area (Å²) in [5.74, 6) is 1.45. The summed E-state index contributed by atoms with van der Waals surface area (Å²) in [6, 6.07) is 0. The maximum Gasteiger partial charge on any atom is 0.160 e. The zero-order valence-electron chi connectivity index (χ0n) is 13.8. The quantitative estimate of drug-likeness (QED) is 0.834. The second-order valence-electron chi connectivity index (χ2n) is 7.32. The largest absolute Gasteiger partial charge is 0.394 e. The van der Waals surface area contributed by atoms with Crippen LogP contribution in [0.3, 0.4) is 0 Å². The third-order valence-corrected chi connectivity index (χ3v) is 6.14. The zero-order valence-corrected chi connectivity index (χ0v) is 13.8. The summed E-state index contributed by atoms with van der Waals surface area (Å²) in [4.78, 5) is 16.7. The summed E-state index contributed by atoms with van der Waals surface area (Å²) in [6.07, 6.45) is 6.36. The fourth-order valence-electron chi connectivity index (χ4n) is 4.59. The number of aliphatic hydroxyl groups is 1. The first-order chi connectivity index (χ1) is 10.7. The van der Waals surface area contributed by atoms with Gasteiger partial charge in [0.2, 0.25) is 0 Å². The molecule has 1 N–H and O–H groups in total. The fraction of sp³-hybridized carbons (Fsp3) is 0.941. The maximum absolute atomic E-state index is 12.0. The molecule has 0 aromatic rings. The minimum Gasteiger partial charge on any atom is -0.394 e. The first-order valence-electron chi connectivity index (χ1n) is 8.81. The molecule has 0 amide bonds. The number of piperidine rings is 6. The van der Waals surface area contributed by atoms with Crippen molar-refractivity contribution in [3.05, 3.63) is 0 Å². The molecule has 1 atom stereocenters. The molecule has 0 saturated carbocycles. The van der Waals surface area contributed by atoms with E-state index in [1.54, 1.807) is 7.11 Å². The van der Waals surface area contributed by atoms with E-state index in [4.69, 9.17) is 4.74 Å². The van der Waals surface area contributed by atoms with Crippen LogP contribution in [0.15, 0.2) is 0 Å². The van der Waals surface area contributed by atoms with Gasteiger partial charge in [-0.05, 0) is 70.7 Å². The highest BCUT2D eigenvalue weighted by Gasteiger charge is 2.52. The molecule has 0 aliphatic carbocycles. The Hall–Kier alpha value is -0.490. The minimum atomic E-state index is -0.726. The Morgan fingerprint density at radius 1 is 1.09 bits per heavy atom. The van der Waals surface area contributed by atoms with Crippen molar-refractivity contribution in [3.63, 3.8) is 0 Å². The Kier molecular flexibility index (Phi) is 5.17. The molecule has 126 valence electrons. The van der Waals surface area contributed by atoms with Crippen molar-refractivity contribution in [2.45, 2.75) is 37.6 Å². The topological polar surface area (TPSA) is 53.0 Å². The molecule has 6 fully saturated rings. The third-order valence-electron chi connectivity index (χ3n) is 6.14. The van der Waals surface area contributed by atoms with Crippen LogP contribution in [-0.2, 0) is 9.53 Å². The van der Waals surface area contributed by atoms with E-state index in [9.17, 15) is 9.90 Å². The SMILES string of the molecule is C1CN2CCC1CC2.COCC1(CO)C(=O)C2CCN1CC2. The Bertz CT molecular complexity index is 364. The van der Waals surface area contributed by atoms with E-state index in [0.29, 0.717) is 6.61 Å². The number of aliphatic hydroxyl groups excluding tert-OH is 1. The third kappa shape index (κ3) is 2.96. The van der Waals surface area contributed by atoms with Crippen molar-refractivity contribution in [2.24, 2.45) is 11.8 Å². The van der Waals surface area contributed by atoms with Gasteiger partial charge in [-0.2, -0.15) is 0 Å². The maximum atomic E-state index is 12.0. The number of nitrogens with zero attached hydrogens (tertiary/aromatic N) is 2. The Labute approximate surface area is 133 Å². The molecule has 6 saturated heterocycles. The van der Waals surface area contributed by atoms with Gasteiger partial charge in [-0.1, -0.05) is 0 Å². The van der Waals surface area contributed by atoms with Crippen LogP contribution in [0.5, 0.6) is 0 Å². The molecule has 6 aliphatic rings. The van der Waals surface area contributed by atoms with Crippen molar-refractivity contribution in [1.29, 1.82) is 0 Å². The summed E-state index contributed by atoms with van der Waals surface area (Å²) in [7, 11) is 1.58. The molecule has 6 heterocycles. The minimum absolute atomic E-state index is 0.115. The number of hydrogen-bond donors (Lipinski definition) is 1. The second-order valence-corrected chi connectivity index (χ2v) is 7.32. The van der Waals surface area contributed by atoms with Crippen LogP contribution >= 0.6 is 0 Å². The number of rotatable bonds is 3. The predicted molar refractivity (Wildman–Crippen MR) is 84.8 cm³/mol. The van der Waals surface area contributed by atoms with Crippen molar-refractivity contribution >= 4 is 5.78 Å². The number of fused-ring (bicyclic) bond motifs is 6. The van der Waals surface area contributed by atoms with E-state index in [1.807, 2.05) is 0 Å². The molecule has 6 aliphatic heterocycles. The molecule has 4 bridgehead atoms.